The molecule has 126 valence electrons. The number of hydrogen-bond acceptors (Lipinski definition) is 3. The van der Waals surface area contributed by atoms with E-state index in [9.17, 15) is 4.79 Å². The summed E-state index contributed by atoms with van der Waals surface area (Å²) in [6.07, 6.45) is 6.48. The zero-order valence-electron chi connectivity index (χ0n) is 14.1. The van der Waals surface area contributed by atoms with E-state index in [-0.39, 0.29) is 0 Å². The molecule has 0 bridgehead atoms. The summed E-state index contributed by atoms with van der Waals surface area (Å²) >= 11 is 0. The number of benzene rings is 1. The summed E-state index contributed by atoms with van der Waals surface area (Å²) in [6.45, 7) is 4.52. The molecule has 4 nitrogen and oxygen atoms in total. The van der Waals surface area contributed by atoms with Crippen LogP contribution in [0.4, 0.5) is 0 Å². The van der Waals surface area contributed by atoms with Gasteiger partial charge in [-0.15, -0.1) is 0 Å². The number of nitrogens with zero attached hydrogens (tertiary/aromatic N) is 3. The van der Waals surface area contributed by atoms with Crippen LogP contribution in [-0.4, -0.2) is 46.9 Å². The minimum Gasteiger partial charge on any atom is -0.341 e. The van der Waals surface area contributed by atoms with E-state index in [1.165, 1.54) is 11.1 Å². The van der Waals surface area contributed by atoms with Crippen LogP contribution in [0, 0.1) is 0 Å². The van der Waals surface area contributed by atoms with E-state index in [0.717, 1.165) is 45.6 Å². The molecule has 0 spiro atoms. The Morgan fingerprint density at radius 1 is 1.04 bits per heavy atom. The Balaban J connectivity index is 1.58. The van der Waals surface area contributed by atoms with Crippen LogP contribution in [0.3, 0.4) is 0 Å². The highest BCUT2D eigenvalue weighted by molar-refractivity contribution is 5.78. The lowest BCUT2D eigenvalue weighted by Crippen LogP contribution is -2.36. The molecule has 1 amide bonds. The molecule has 0 unspecified atom stereocenters. The van der Waals surface area contributed by atoms with Crippen LogP contribution < -0.4 is 0 Å². The molecule has 0 atom stereocenters. The van der Waals surface area contributed by atoms with Gasteiger partial charge < -0.3 is 4.90 Å². The lowest BCUT2D eigenvalue weighted by atomic mass is 10.1. The van der Waals surface area contributed by atoms with Gasteiger partial charge in [0.1, 0.15) is 0 Å². The quantitative estimate of drug-likeness (QED) is 0.749. The number of hydrogen-bond donors (Lipinski definition) is 0. The molecule has 1 fully saturated rings. The minimum atomic E-state index is 0.305. The van der Waals surface area contributed by atoms with Crippen LogP contribution in [0.2, 0.25) is 0 Å². The van der Waals surface area contributed by atoms with Crippen molar-refractivity contribution in [3.63, 3.8) is 0 Å². The van der Waals surface area contributed by atoms with Crippen LogP contribution in [0.5, 0.6) is 0 Å². The summed E-state index contributed by atoms with van der Waals surface area (Å²) in [5.41, 5.74) is 2.57. The van der Waals surface area contributed by atoms with Gasteiger partial charge in [-0.3, -0.25) is 14.7 Å². The summed E-state index contributed by atoms with van der Waals surface area (Å²) in [4.78, 5) is 20.5. The first-order valence-corrected chi connectivity index (χ1v) is 8.74. The van der Waals surface area contributed by atoms with E-state index in [2.05, 4.69) is 46.3 Å². The molecule has 1 aromatic carbocycles. The fourth-order valence-corrected chi connectivity index (χ4v) is 3.15. The van der Waals surface area contributed by atoms with Gasteiger partial charge in [-0.1, -0.05) is 36.4 Å². The Morgan fingerprint density at radius 3 is 2.58 bits per heavy atom. The van der Waals surface area contributed by atoms with E-state index in [0.29, 0.717) is 12.3 Å². The molecular weight excluding hydrogens is 298 g/mol. The molecule has 1 aromatic heterocycles. The van der Waals surface area contributed by atoms with Crippen LogP contribution in [0.25, 0.3) is 0 Å². The van der Waals surface area contributed by atoms with Crippen molar-refractivity contribution in [3.8, 4) is 0 Å². The third kappa shape index (κ3) is 4.90. The number of aromatic nitrogens is 1. The van der Waals surface area contributed by atoms with E-state index in [4.69, 9.17) is 0 Å². The summed E-state index contributed by atoms with van der Waals surface area (Å²) in [5, 5.41) is 0. The molecule has 0 radical (unpaired) electrons. The zero-order chi connectivity index (χ0) is 16.6. The zero-order valence-corrected chi connectivity index (χ0v) is 14.1. The first-order valence-electron chi connectivity index (χ1n) is 8.74. The van der Waals surface area contributed by atoms with E-state index in [1.54, 1.807) is 6.20 Å². The minimum absolute atomic E-state index is 0.305. The highest BCUT2D eigenvalue weighted by Gasteiger charge is 2.20. The van der Waals surface area contributed by atoms with Gasteiger partial charge in [0.05, 0.1) is 0 Å². The van der Waals surface area contributed by atoms with Gasteiger partial charge >= 0.3 is 0 Å². The average Bonchev–Trinajstić information content (AvgIpc) is 3.04. The molecule has 3 rings (SSSR count). The van der Waals surface area contributed by atoms with E-state index in [1.807, 2.05) is 17.2 Å². The summed E-state index contributed by atoms with van der Waals surface area (Å²) in [6, 6.07) is 14.7. The van der Waals surface area contributed by atoms with Crippen molar-refractivity contribution in [1.82, 2.24) is 14.8 Å². The van der Waals surface area contributed by atoms with E-state index < -0.39 is 0 Å². The fraction of sp³-hybridized carbons (Fsp3) is 0.400. The maximum Gasteiger partial charge on any atom is 0.222 e. The van der Waals surface area contributed by atoms with Gasteiger partial charge in [-0.25, -0.2) is 0 Å². The molecule has 2 aromatic rings. The van der Waals surface area contributed by atoms with Crippen molar-refractivity contribution < 1.29 is 4.79 Å². The molecule has 4 heteroatoms. The number of pyridine rings is 1. The normalized spacial score (nSPS) is 14.5. The molecule has 1 aliphatic heterocycles. The molecular formula is C20H25N3O. The van der Waals surface area contributed by atoms with Gasteiger partial charge in [0.25, 0.3) is 0 Å². The van der Waals surface area contributed by atoms with Gasteiger partial charge in [-0.05, 0) is 30.0 Å². The Bertz CT molecular complexity index is 630. The smallest absolute Gasteiger partial charge is 0.222 e. The predicted molar refractivity (Wildman–Crippen MR) is 95.5 cm³/mol. The third-order valence-electron chi connectivity index (χ3n) is 4.55. The largest absolute Gasteiger partial charge is 0.341 e. The monoisotopic (exact) mass is 323 g/mol. The second-order valence-electron chi connectivity index (χ2n) is 6.36. The lowest BCUT2D eigenvalue weighted by Gasteiger charge is -2.25. The molecule has 1 aliphatic rings. The van der Waals surface area contributed by atoms with Crippen LogP contribution >= 0.6 is 0 Å². The van der Waals surface area contributed by atoms with E-state index >= 15 is 0 Å². The second-order valence-corrected chi connectivity index (χ2v) is 6.36. The second kappa shape index (κ2) is 8.60. The summed E-state index contributed by atoms with van der Waals surface area (Å²) in [5.74, 6) is 0.305. The van der Waals surface area contributed by atoms with Crippen molar-refractivity contribution in [2.24, 2.45) is 0 Å². The average molecular weight is 323 g/mol. The van der Waals surface area contributed by atoms with Gasteiger partial charge in [0, 0.05) is 51.5 Å². The summed E-state index contributed by atoms with van der Waals surface area (Å²) < 4.78 is 0. The van der Waals surface area contributed by atoms with Crippen LogP contribution in [-0.2, 0) is 17.8 Å². The highest BCUT2D eigenvalue weighted by atomic mass is 16.2. The molecule has 0 N–H and O–H groups in total. The summed E-state index contributed by atoms with van der Waals surface area (Å²) in [7, 11) is 0. The van der Waals surface area contributed by atoms with Crippen molar-refractivity contribution in [2.45, 2.75) is 25.8 Å². The number of carbonyl (C=O) groups is 1. The topological polar surface area (TPSA) is 36.4 Å². The fourth-order valence-electron chi connectivity index (χ4n) is 3.15. The van der Waals surface area contributed by atoms with Crippen molar-refractivity contribution in [2.75, 3.05) is 26.2 Å². The third-order valence-corrected chi connectivity index (χ3v) is 4.55. The van der Waals surface area contributed by atoms with Crippen molar-refractivity contribution in [3.05, 3.63) is 66.0 Å². The number of amides is 1. The van der Waals surface area contributed by atoms with Gasteiger partial charge in [0.2, 0.25) is 5.91 Å². The standard InChI is InChI=1S/C20H25N3O/c24-20-9-5-12-23(20)15-14-22(17-19-8-4-11-21-16-19)13-10-18-6-2-1-3-7-18/h1-4,6-8,11,16H,5,9-10,12-15,17H2. The first kappa shape index (κ1) is 16.7. The lowest BCUT2D eigenvalue weighted by molar-refractivity contribution is -0.127. The van der Waals surface area contributed by atoms with Gasteiger partial charge in [0.15, 0.2) is 0 Å². The first-order chi connectivity index (χ1) is 11.8. The highest BCUT2D eigenvalue weighted by Crippen LogP contribution is 2.11. The van der Waals surface area contributed by atoms with Gasteiger partial charge in [-0.2, -0.15) is 0 Å². The molecule has 24 heavy (non-hydrogen) atoms. The predicted octanol–water partition coefficient (Wildman–Crippen LogP) is 2.75. The Hall–Kier alpha value is -2.20. The maximum atomic E-state index is 11.8. The Labute approximate surface area is 144 Å². The SMILES string of the molecule is O=C1CCCN1CCN(CCc1ccccc1)Cc1cccnc1. The molecule has 1 saturated heterocycles. The number of rotatable bonds is 8. The maximum absolute atomic E-state index is 11.8. The molecule has 0 aliphatic carbocycles. The molecule has 2 heterocycles. The van der Waals surface area contributed by atoms with Crippen LogP contribution in [0.15, 0.2) is 54.9 Å². The Morgan fingerprint density at radius 2 is 1.88 bits per heavy atom. The molecule has 0 saturated carbocycles. The van der Waals surface area contributed by atoms with Crippen LogP contribution in [0.1, 0.15) is 24.0 Å². The Kier molecular flexibility index (Phi) is 5.96. The van der Waals surface area contributed by atoms with Crippen molar-refractivity contribution >= 4 is 5.91 Å². The number of carbonyl (C=O) groups excluding carboxylic acids is 1. The number of likely N-dealkylation sites (tertiary alicyclic amines) is 1. The van der Waals surface area contributed by atoms with Crippen molar-refractivity contribution in [1.29, 1.82) is 0 Å².